The summed E-state index contributed by atoms with van der Waals surface area (Å²) in [4.78, 5) is 20.5. The Morgan fingerprint density at radius 3 is 2.74 bits per heavy atom. The van der Waals surface area contributed by atoms with E-state index in [1.54, 1.807) is 36.4 Å². The maximum Gasteiger partial charge on any atom is 0.240 e. The van der Waals surface area contributed by atoms with Crippen LogP contribution in [0.3, 0.4) is 0 Å². The number of carbonyl (C=O) groups is 1. The van der Waals surface area contributed by atoms with Gasteiger partial charge in [0.1, 0.15) is 11.4 Å². The van der Waals surface area contributed by atoms with Crippen molar-refractivity contribution in [2.75, 3.05) is 11.8 Å². The van der Waals surface area contributed by atoms with E-state index in [0.717, 1.165) is 21.5 Å². The van der Waals surface area contributed by atoms with Gasteiger partial charge in [-0.15, -0.1) is 0 Å². The molecule has 0 saturated carbocycles. The van der Waals surface area contributed by atoms with E-state index in [1.165, 1.54) is 18.9 Å². The van der Waals surface area contributed by atoms with Crippen molar-refractivity contribution in [2.45, 2.75) is 11.8 Å². The first-order valence-corrected chi connectivity index (χ1v) is 7.66. The Labute approximate surface area is 137 Å². The lowest BCUT2D eigenvalue weighted by molar-refractivity contribution is 0.101. The summed E-state index contributed by atoms with van der Waals surface area (Å²) in [6.45, 7) is 1.49. The van der Waals surface area contributed by atoms with Crippen molar-refractivity contribution < 1.29 is 9.53 Å². The standard InChI is InChI=1S/C15H15N5O2S/c1-9(21)12-5-4-11(8-16-12)23-19-13-14-10(7-18-20(14)2)6-17-15(13)22-3/h4-8,19H,1-3H3. The van der Waals surface area contributed by atoms with E-state index >= 15 is 0 Å². The average molecular weight is 329 g/mol. The molecule has 3 aromatic heterocycles. The van der Waals surface area contributed by atoms with Gasteiger partial charge < -0.3 is 9.46 Å². The third-order valence-electron chi connectivity index (χ3n) is 3.30. The number of nitrogens with zero attached hydrogens (tertiary/aromatic N) is 4. The van der Waals surface area contributed by atoms with Gasteiger partial charge in [-0.25, -0.2) is 4.98 Å². The number of nitrogens with one attached hydrogen (secondary N) is 1. The van der Waals surface area contributed by atoms with Crippen molar-refractivity contribution in [2.24, 2.45) is 7.05 Å². The molecule has 1 N–H and O–H groups in total. The van der Waals surface area contributed by atoms with Crippen molar-refractivity contribution in [3.8, 4) is 5.88 Å². The highest BCUT2D eigenvalue weighted by Crippen LogP contribution is 2.34. The van der Waals surface area contributed by atoms with Gasteiger partial charge in [0.15, 0.2) is 5.78 Å². The average Bonchev–Trinajstić information content (AvgIpc) is 2.94. The highest BCUT2D eigenvalue weighted by atomic mass is 32.2. The second-order valence-corrected chi connectivity index (χ2v) is 5.73. The molecule has 0 aliphatic heterocycles. The Hall–Kier alpha value is -2.61. The van der Waals surface area contributed by atoms with E-state index in [1.807, 2.05) is 13.1 Å². The molecule has 23 heavy (non-hydrogen) atoms. The van der Waals surface area contributed by atoms with Crippen LogP contribution in [0.15, 0.2) is 35.6 Å². The van der Waals surface area contributed by atoms with Gasteiger partial charge in [0.2, 0.25) is 5.88 Å². The van der Waals surface area contributed by atoms with Crippen LogP contribution in [-0.2, 0) is 7.05 Å². The molecule has 0 radical (unpaired) electrons. The predicted octanol–water partition coefficient (Wildman–Crippen LogP) is 2.69. The highest BCUT2D eigenvalue weighted by molar-refractivity contribution is 8.00. The minimum atomic E-state index is -0.0555. The molecule has 0 saturated heterocycles. The number of rotatable bonds is 5. The van der Waals surface area contributed by atoms with Gasteiger partial charge in [-0.1, -0.05) is 0 Å². The van der Waals surface area contributed by atoms with Gasteiger partial charge in [-0.3, -0.25) is 14.5 Å². The number of carbonyl (C=O) groups excluding carboxylic acids is 1. The molecule has 8 heteroatoms. The fourth-order valence-electron chi connectivity index (χ4n) is 2.15. The third kappa shape index (κ3) is 2.98. The molecule has 0 bridgehead atoms. The van der Waals surface area contributed by atoms with Crippen LogP contribution >= 0.6 is 11.9 Å². The van der Waals surface area contributed by atoms with Crippen LogP contribution in [0.25, 0.3) is 10.9 Å². The van der Waals surface area contributed by atoms with Gasteiger partial charge >= 0.3 is 0 Å². The summed E-state index contributed by atoms with van der Waals surface area (Å²) in [5.74, 6) is 0.432. The summed E-state index contributed by atoms with van der Waals surface area (Å²) >= 11 is 1.37. The summed E-state index contributed by atoms with van der Waals surface area (Å²) in [6.07, 6.45) is 5.12. The SMILES string of the molecule is COc1ncc2cnn(C)c2c1NSc1ccc(C(C)=O)nc1. The van der Waals surface area contributed by atoms with Gasteiger partial charge in [-0.2, -0.15) is 5.10 Å². The van der Waals surface area contributed by atoms with Crippen LogP contribution in [0, 0.1) is 0 Å². The zero-order valence-corrected chi connectivity index (χ0v) is 13.7. The largest absolute Gasteiger partial charge is 0.479 e. The smallest absolute Gasteiger partial charge is 0.240 e. The molecule has 0 fully saturated rings. The molecule has 0 aliphatic rings. The summed E-state index contributed by atoms with van der Waals surface area (Å²) in [5.41, 5.74) is 2.09. The van der Waals surface area contributed by atoms with Crippen LogP contribution in [0.5, 0.6) is 5.88 Å². The van der Waals surface area contributed by atoms with E-state index in [4.69, 9.17) is 4.74 Å². The number of Topliss-reactive ketones (excluding diaryl/α,β-unsaturated/α-hetero) is 1. The van der Waals surface area contributed by atoms with E-state index in [9.17, 15) is 4.79 Å². The zero-order chi connectivity index (χ0) is 16.4. The molecular weight excluding hydrogens is 314 g/mol. The maximum atomic E-state index is 11.3. The number of hydrogen-bond donors (Lipinski definition) is 1. The van der Waals surface area contributed by atoms with Crippen LogP contribution in [-0.4, -0.2) is 32.6 Å². The highest BCUT2D eigenvalue weighted by Gasteiger charge is 2.14. The molecule has 0 atom stereocenters. The Bertz CT molecular complexity index is 860. The third-order valence-corrected chi connectivity index (χ3v) is 4.08. The molecule has 0 aliphatic carbocycles. The maximum absolute atomic E-state index is 11.3. The molecule has 118 valence electrons. The molecule has 3 heterocycles. The van der Waals surface area contributed by atoms with Gasteiger partial charge in [0.25, 0.3) is 0 Å². The quantitative estimate of drug-likeness (QED) is 0.569. The minimum Gasteiger partial charge on any atom is -0.479 e. The molecule has 0 aromatic carbocycles. The number of aromatic nitrogens is 4. The molecule has 3 aromatic rings. The summed E-state index contributed by atoms with van der Waals surface area (Å²) in [7, 11) is 3.43. The van der Waals surface area contributed by atoms with Gasteiger partial charge in [0, 0.05) is 36.6 Å². The van der Waals surface area contributed by atoms with Crippen molar-refractivity contribution in [1.82, 2.24) is 19.7 Å². The van der Waals surface area contributed by atoms with E-state index < -0.39 is 0 Å². The van der Waals surface area contributed by atoms with Crippen LogP contribution in [0.4, 0.5) is 5.69 Å². The second kappa shape index (κ2) is 6.25. The number of anilines is 1. The normalized spacial score (nSPS) is 10.7. The first kappa shape index (κ1) is 15.3. The molecule has 0 spiro atoms. The van der Waals surface area contributed by atoms with Crippen LogP contribution in [0.1, 0.15) is 17.4 Å². The fourth-order valence-corrected chi connectivity index (χ4v) is 2.80. The zero-order valence-electron chi connectivity index (χ0n) is 12.9. The Morgan fingerprint density at radius 2 is 2.09 bits per heavy atom. The summed E-state index contributed by atoms with van der Waals surface area (Å²) < 4.78 is 10.3. The Balaban J connectivity index is 1.89. The predicted molar refractivity (Wildman–Crippen MR) is 88.8 cm³/mol. The number of ketones is 1. The number of fused-ring (bicyclic) bond motifs is 1. The topological polar surface area (TPSA) is 81.9 Å². The summed E-state index contributed by atoms with van der Waals surface area (Å²) in [5, 5.41) is 5.16. The van der Waals surface area contributed by atoms with Crippen LogP contribution < -0.4 is 9.46 Å². The Kier molecular flexibility index (Phi) is 4.16. The molecule has 0 amide bonds. The fraction of sp³-hybridized carbons (Fsp3) is 0.200. The molecule has 7 nitrogen and oxygen atoms in total. The lowest BCUT2D eigenvalue weighted by Crippen LogP contribution is -2.00. The molecule has 3 rings (SSSR count). The lowest BCUT2D eigenvalue weighted by atomic mass is 10.3. The number of hydrogen-bond acceptors (Lipinski definition) is 7. The van der Waals surface area contributed by atoms with Crippen LogP contribution in [0.2, 0.25) is 0 Å². The Morgan fingerprint density at radius 1 is 1.26 bits per heavy atom. The monoisotopic (exact) mass is 329 g/mol. The summed E-state index contributed by atoms with van der Waals surface area (Å²) in [6, 6.07) is 3.54. The van der Waals surface area contributed by atoms with Crippen molar-refractivity contribution in [1.29, 1.82) is 0 Å². The van der Waals surface area contributed by atoms with Crippen molar-refractivity contribution in [3.63, 3.8) is 0 Å². The molecular formula is C15H15N5O2S. The van der Waals surface area contributed by atoms with Crippen molar-refractivity contribution in [3.05, 3.63) is 36.4 Å². The number of aryl methyl sites for hydroxylation is 1. The minimum absolute atomic E-state index is 0.0555. The van der Waals surface area contributed by atoms with Gasteiger partial charge in [0.05, 0.1) is 18.8 Å². The van der Waals surface area contributed by atoms with E-state index in [2.05, 4.69) is 19.8 Å². The second-order valence-electron chi connectivity index (χ2n) is 4.85. The lowest BCUT2D eigenvalue weighted by Gasteiger charge is -2.11. The molecule has 0 unspecified atom stereocenters. The number of ether oxygens (including phenoxy) is 1. The first-order chi connectivity index (χ1) is 11.1. The number of pyridine rings is 2. The van der Waals surface area contributed by atoms with E-state index in [-0.39, 0.29) is 5.78 Å². The van der Waals surface area contributed by atoms with Gasteiger partial charge in [-0.05, 0) is 24.1 Å². The first-order valence-electron chi connectivity index (χ1n) is 6.84. The van der Waals surface area contributed by atoms with Crippen molar-refractivity contribution >= 4 is 34.3 Å². The van der Waals surface area contributed by atoms with E-state index in [0.29, 0.717) is 11.6 Å². The number of methoxy groups -OCH3 is 1.